The molecular weight excluding hydrogens is 264 g/mol. The van der Waals surface area contributed by atoms with Crippen LogP contribution in [0.4, 0.5) is 5.69 Å². The van der Waals surface area contributed by atoms with Crippen LogP contribution in [0.1, 0.15) is 36.5 Å². The number of halogens is 1. The van der Waals surface area contributed by atoms with E-state index in [1.807, 2.05) is 6.92 Å². The van der Waals surface area contributed by atoms with E-state index in [2.05, 4.69) is 10.6 Å². The van der Waals surface area contributed by atoms with Crippen LogP contribution in [-0.2, 0) is 4.79 Å². The van der Waals surface area contributed by atoms with E-state index in [0.29, 0.717) is 36.5 Å². The molecule has 0 bridgehead atoms. The van der Waals surface area contributed by atoms with Gasteiger partial charge in [-0.1, -0.05) is 13.0 Å². The number of carbonyl (C=O) groups excluding carboxylic acids is 2. The van der Waals surface area contributed by atoms with Gasteiger partial charge >= 0.3 is 0 Å². The van der Waals surface area contributed by atoms with E-state index in [-0.39, 0.29) is 11.8 Å². The molecule has 0 atom stereocenters. The number of nitrogens with one attached hydrogen (secondary N) is 2. The molecule has 2 N–H and O–H groups in total. The third-order valence-corrected chi connectivity index (χ3v) is 2.75. The summed E-state index contributed by atoms with van der Waals surface area (Å²) in [6, 6.07) is 6.90. The summed E-state index contributed by atoms with van der Waals surface area (Å²) in [5.74, 6) is 0.248. The zero-order valence-corrected chi connectivity index (χ0v) is 11.8. The van der Waals surface area contributed by atoms with E-state index in [4.69, 9.17) is 11.6 Å². The van der Waals surface area contributed by atoms with Crippen LogP contribution in [0, 0.1) is 0 Å². The molecule has 4 nitrogen and oxygen atoms in total. The molecule has 2 amide bonds. The van der Waals surface area contributed by atoms with E-state index < -0.39 is 0 Å². The summed E-state index contributed by atoms with van der Waals surface area (Å²) >= 11 is 5.53. The summed E-state index contributed by atoms with van der Waals surface area (Å²) in [4.78, 5) is 23.3. The Morgan fingerprint density at radius 3 is 2.79 bits per heavy atom. The molecule has 0 aliphatic rings. The van der Waals surface area contributed by atoms with Crippen LogP contribution >= 0.6 is 11.6 Å². The van der Waals surface area contributed by atoms with Crippen LogP contribution in [0.2, 0.25) is 0 Å². The summed E-state index contributed by atoms with van der Waals surface area (Å²) in [6.07, 6.45) is 1.92. The van der Waals surface area contributed by atoms with Gasteiger partial charge in [-0.3, -0.25) is 9.59 Å². The topological polar surface area (TPSA) is 58.2 Å². The molecule has 1 rings (SSSR count). The molecule has 0 unspecified atom stereocenters. The van der Waals surface area contributed by atoms with Crippen molar-refractivity contribution in [3.63, 3.8) is 0 Å². The Labute approximate surface area is 118 Å². The molecule has 0 spiro atoms. The lowest BCUT2D eigenvalue weighted by atomic mass is 10.2. The number of benzene rings is 1. The lowest BCUT2D eigenvalue weighted by Gasteiger charge is -2.07. The highest BCUT2D eigenvalue weighted by Gasteiger charge is 2.07. The van der Waals surface area contributed by atoms with Crippen molar-refractivity contribution in [3.8, 4) is 0 Å². The van der Waals surface area contributed by atoms with Gasteiger partial charge in [-0.25, -0.2) is 0 Å². The van der Waals surface area contributed by atoms with Gasteiger partial charge in [-0.2, -0.15) is 0 Å². The van der Waals surface area contributed by atoms with E-state index in [0.717, 1.165) is 6.42 Å². The van der Waals surface area contributed by atoms with Crippen LogP contribution in [0.5, 0.6) is 0 Å². The van der Waals surface area contributed by atoms with Crippen molar-refractivity contribution in [2.45, 2.75) is 26.2 Å². The Balaban J connectivity index is 2.61. The quantitative estimate of drug-likeness (QED) is 0.756. The second-order valence-electron chi connectivity index (χ2n) is 4.18. The zero-order valence-electron chi connectivity index (χ0n) is 11.0. The summed E-state index contributed by atoms with van der Waals surface area (Å²) in [5, 5.41) is 5.54. The molecule has 5 heteroatoms. The molecule has 0 aromatic heterocycles. The minimum atomic E-state index is -0.126. The summed E-state index contributed by atoms with van der Waals surface area (Å²) in [7, 11) is 0. The second kappa shape index (κ2) is 8.53. The maximum Gasteiger partial charge on any atom is 0.251 e. The van der Waals surface area contributed by atoms with Gasteiger partial charge in [0.1, 0.15) is 0 Å². The molecule has 19 heavy (non-hydrogen) atoms. The van der Waals surface area contributed by atoms with Crippen LogP contribution in [-0.4, -0.2) is 24.2 Å². The second-order valence-corrected chi connectivity index (χ2v) is 4.56. The van der Waals surface area contributed by atoms with Crippen molar-refractivity contribution in [1.29, 1.82) is 0 Å². The molecular formula is C14H19ClN2O2. The van der Waals surface area contributed by atoms with Crippen LogP contribution in [0.15, 0.2) is 24.3 Å². The fourth-order valence-electron chi connectivity index (χ4n) is 1.53. The first-order chi connectivity index (χ1) is 9.17. The van der Waals surface area contributed by atoms with Gasteiger partial charge in [0.15, 0.2) is 0 Å². The van der Waals surface area contributed by atoms with Crippen molar-refractivity contribution in [2.24, 2.45) is 0 Å². The largest absolute Gasteiger partial charge is 0.352 e. The van der Waals surface area contributed by atoms with Crippen LogP contribution < -0.4 is 10.6 Å². The number of alkyl halides is 1. The molecule has 0 aliphatic carbocycles. The number of hydrogen-bond donors (Lipinski definition) is 2. The van der Waals surface area contributed by atoms with Gasteiger partial charge in [-0.15, -0.1) is 11.6 Å². The molecule has 0 heterocycles. The monoisotopic (exact) mass is 282 g/mol. The van der Waals surface area contributed by atoms with Crippen LogP contribution in [0.3, 0.4) is 0 Å². The molecule has 0 aliphatic heterocycles. The summed E-state index contributed by atoms with van der Waals surface area (Å²) < 4.78 is 0. The predicted octanol–water partition coefficient (Wildman–Crippen LogP) is 2.78. The van der Waals surface area contributed by atoms with Crippen molar-refractivity contribution in [2.75, 3.05) is 17.7 Å². The number of hydrogen-bond acceptors (Lipinski definition) is 2. The Kier molecular flexibility index (Phi) is 6.97. The molecule has 1 aromatic rings. The Bertz CT molecular complexity index is 435. The average Bonchev–Trinajstić information content (AvgIpc) is 2.42. The molecule has 1 aromatic carbocycles. The third-order valence-electron chi connectivity index (χ3n) is 2.48. The number of amides is 2. The number of carbonyl (C=O) groups is 2. The predicted molar refractivity (Wildman–Crippen MR) is 77.6 cm³/mol. The van der Waals surface area contributed by atoms with Gasteiger partial charge in [0.05, 0.1) is 0 Å². The van der Waals surface area contributed by atoms with Crippen molar-refractivity contribution in [1.82, 2.24) is 5.32 Å². The van der Waals surface area contributed by atoms with Gasteiger partial charge in [0, 0.05) is 30.1 Å². The number of rotatable bonds is 7. The van der Waals surface area contributed by atoms with E-state index in [1.54, 1.807) is 24.3 Å². The minimum Gasteiger partial charge on any atom is -0.352 e. The minimum absolute atomic E-state index is 0.0910. The molecule has 0 saturated carbocycles. The zero-order chi connectivity index (χ0) is 14.1. The van der Waals surface area contributed by atoms with E-state index in [9.17, 15) is 9.59 Å². The molecule has 0 saturated heterocycles. The Morgan fingerprint density at radius 1 is 1.32 bits per heavy atom. The van der Waals surface area contributed by atoms with Crippen LogP contribution in [0.25, 0.3) is 0 Å². The standard InChI is InChI=1S/C14H19ClN2O2/c1-2-9-16-14(19)11-5-3-6-12(10-11)17-13(18)7-4-8-15/h3,5-6,10H,2,4,7-9H2,1H3,(H,16,19)(H,17,18). The van der Waals surface area contributed by atoms with E-state index >= 15 is 0 Å². The van der Waals surface area contributed by atoms with Gasteiger partial charge in [0.2, 0.25) is 5.91 Å². The SMILES string of the molecule is CCCNC(=O)c1cccc(NC(=O)CCCCl)c1. The summed E-state index contributed by atoms with van der Waals surface area (Å²) in [5.41, 5.74) is 1.17. The Morgan fingerprint density at radius 2 is 2.11 bits per heavy atom. The highest BCUT2D eigenvalue weighted by Crippen LogP contribution is 2.11. The maximum atomic E-state index is 11.8. The first-order valence-electron chi connectivity index (χ1n) is 6.41. The lowest BCUT2D eigenvalue weighted by Crippen LogP contribution is -2.24. The first kappa shape index (κ1) is 15.5. The number of anilines is 1. The fourth-order valence-corrected chi connectivity index (χ4v) is 1.66. The highest BCUT2D eigenvalue weighted by atomic mass is 35.5. The fraction of sp³-hybridized carbons (Fsp3) is 0.429. The van der Waals surface area contributed by atoms with E-state index in [1.165, 1.54) is 0 Å². The molecule has 0 radical (unpaired) electrons. The van der Waals surface area contributed by atoms with Gasteiger partial charge in [-0.05, 0) is 31.0 Å². The smallest absolute Gasteiger partial charge is 0.251 e. The third kappa shape index (κ3) is 5.75. The molecule has 0 fully saturated rings. The molecule has 104 valence electrons. The van der Waals surface area contributed by atoms with Gasteiger partial charge in [0.25, 0.3) is 5.91 Å². The highest BCUT2D eigenvalue weighted by molar-refractivity contribution is 6.18. The van der Waals surface area contributed by atoms with Gasteiger partial charge < -0.3 is 10.6 Å². The summed E-state index contributed by atoms with van der Waals surface area (Å²) in [6.45, 7) is 2.64. The Hall–Kier alpha value is -1.55. The average molecular weight is 283 g/mol. The normalized spacial score (nSPS) is 10.0. The lowest BCUT2D eigenvalue weighted by molar-refractivity contribution is -0.116. The van der Waals surface area contributed by atoms with Crippen molar-refractivity contribution >= 4 is 29.1 Å². The van der Waals surface area contributed by atoms with Crippen molar-refractivity contribution < 1.29 is 9.59 Å². The van der Waals surface area contributed by atoms with Crippen molar-refractivity contribution in [3.05, 3.63) is 29.8 Å². The first-order valence-corrected chi connectivity index (χ1v) is 6.95. The maximum absolute atomic E-state index is 11.8.